The van der Waals surface area contributed by atoms with Gasteiger partial charge in [-0.1, -0.05) is 12.2 Å². The predicted octanol–water partition coefficient (Wildman–Crippen LogP) is 1.18. The lowest BCUT2D eigenvalue weighted by molar-refractivity contribution is -0.142. The van der Waals surface area contributed by atoms with Crippen LogP contribution in [0.4, 0.5) is 0 Å². The van der Waals surface area contributed by atoms with Gasteiger partial charge < -0.3 is 5.11 Å². The van der Waals surface area contributed by atoms with E-state index in [1.54, 1.807) is 12.2 Å². The van der Waals surface area contributed by atoms with Crippen LogP contribution in [0.3, 0.4) is 0 Å². The lowest BCUT2D eigenvalue weighted by Crippen LogP contribution is -2.18. The molecular formula is C8H9NO2. The summed E-state index contributed by atoms with van der Waals surface area (Å²) in [6.45, 7) is 0. The highest BCUT2D eigenvalue weighted by atomic mass is 16.4. The summed E-state index contributed by atoms with van der Waals surface area (Å²) in [6, 6.07) is 2.04. The Hall–Kier alpha value is -1.30. The van der Waals surface area contributed by atoms with E-state index < -0.39 is 5.97 Å². The molecule has 1 aliphatic carbocycles. The van der Waals surface area contributed by atoms with E-state index in [4.69, 9.17) is 10.4 Å². The quantitative estimate of drug-likeness (QED) is 0.572. The monoisotopic (exact) mass is 151 g/mol. The van der Waals surface area contributed by atoms with Gasteiger partial charge in [0.25, 0.3) is 0 Å². The third-order valence-corrected chi connectivity index (χ3v) is 1.84. The molecule has 2 atom stereocenters. The third-order valence-electron chi connectivity index (χ3n) is 1.84. The normalized spacial score (nSPS) is 29.4. The summed E-state index contributed by atoms with van der Waals surface area (Å²) in [6.07, 6.45) is 4.57. The zero-order chi connectivity index (χ0) is 8.27. The highest BCUT2D eigenvalue weighted by Crippen LogP contribution is 2.22. The van der Waals surface area contributed by atoms with Crippen molar-refractivity contribution in [3.63, 3.8) is 0 Å². The lowest BCUT2D eigenvalue weighted by Gasteiger charge is -2.15. The second-order valence-corrected chi connectivity index (χ2v) is 2.67. The molecule has 0 aromatic carbocycles. The first-order valence-corrected chi connectivity index (χ1v) is 3.53. The molecule has 0 heterocycles. The number of carboxylic acid groups (broad SMARTS) is 1. The fourth-order valence-corrected chi connectivity index (χ4v) is 1.19. The van der Waals surface area contributed by atoms with Gasteiger partial charge in [-0.2, -0.15) is 5.26 Å². The molecular weight excluding hydrogens is 142 g/mol. The third kappa shape index (κ3) is 1.81. The number of hydrogen-bond acceptors (Lipinski definition) is 2. The Morgan fingerprint density at radius 1 is 1.73 bits per heavy atom. The van der Waals surface area contributed by atoms with Gasteiger partial charge in [-0.3, -0.25) is 4.79 Å². The van der Waals surface area contributed by atoms with Crippen LogP contribution in [-0.2, 0) is 4.79 Å². The number of nitriles is 1. The molecule has 58 valence electrons. The highest BCUT2D eigenvalue weighted by molar-refractivity contribution is 5.70. The molecule has 0 bridgehead atoms. The maximum atomic E-state index is 10.5. The molecule has 0 aromatic rings. The minimum atomic E-state index is -0.797. The topological polar surface area (TPSA) is 61.1 Å². The summed E-state index contributed by atoms with van der Waals surface area (Å²) in [5.41, 5.74) is 0. The maximum Gasteiger partial charge on any atom is 0.306 e. The van der Waals surface area contributed by atoms with E-state index in [1.807, 2.05) is 6.07 Å². The molecule has 0 aliphatic heterocycles. The van der Waals surface area contributed by atoms with E-state index in [1.165, 1.54) is 0 Å². The van der Waals surface area contributed by atoms with Crippen LogP contribution in [-0.4, -0.2) is 11.1 Å². The number of nitrogens with zero attached hydrogens (tertiary/aromatic N) is 1. The van der Waals surface area contributed by atoms with Gasteiger partial charge in [0.15, 0.2) is 0 Å². The van der Waals surface area contributed by atoms with Crippen LogP contribution in [0.2, 0.25) is 0 Å². The Morgan fingerprint density at radius 3 is 3.00 bits per heavy atom. The molecule has 0 amide bonds. The van der Waals surface area contributed by atoms with Crippen LogP contribution in [0.1, 0.15) is 12.8 Å². The Morgan fingerprint density at radius 2 is 2.45 bits per heavy atom. The molecule has 0 radical (unpaired) electrons. The van der Waals surface area contributed by atoms with Crippen LogP contribution in [0, 0.1) is 23.2 Å². The second-order valence-electron chi connectivity index (χ2n) is 2.67. The first-order valence-electron chi connectivity index (χ1n) is 3.53. The Labute approximate surface area is 64.9 Å². The van der Waals surface area contributed by atoms with E-state index in [9.17, 15) is 4.79 Å². The van der Waals surface area contributed by atoms with Crippen LogP contribution < -0.4 is 0 Å². The fraction of sp³-hybridized carbons (Fsp3) is 0.500. The van der Waals surface area contributed by atoms with Crippen molar-refractivity contribution >= 4 is 5.97 Å². The molecule has 0 spiro atoms. The molecule has 0 fully saturated rings. The summed E-state index contributed by atoms with van der Waals surface area (Å²) in [7, 11) is 0. The number of hydrogen-bond donors (Lipinski definition) is 1. The van der Waals surface area contributed by atoms with Crippen LogP contribution >= 0.6 is 0 Å². The molecule has 11 heavy (non-hydrogen) atoms. The van der Waals surface area contributed by atoms with E-state index in [0.29, 0.717) is 12.8 Å². The fourth-order valence-electron chi connectivity index (χ4n) is 1.19. The van der Waals surface area contributed by atoms with Crippen molar-refractivity contribution in [3.8, 4) is 6.07 Å². The molecule has 0 unspecified atom stereocenters. The Bertz CT molecular complexity index is 227. The van der Waals surface area contributed by atoms with Gasteiger partial charge in [-0.05, 0) is 12.8 Å². The van der Waals surface area contributed by atoms with Gasteiger partial charge in [0.1, 0.15) is 0 Å². The van der Waals surface area contributed by atoms with E-state index in [0.717, 1.165) is 0 Å². The second kappa shape index (κ2) is 3.20. The molecule has 1 aliphatic rings. The van der Waals surface area contributed by atoms with Crippen molar-refractivity contribution in [2.75, 3.05) is 0 Å². The van der Waals surface area contributed by atoms with Crippen molar-refractivity contribution in [1.82, 2.24) is 0 Å². The summed E-state index contributed by atoms with van der Waals surface area (Å²) in [5, 5.41) is 17.1. The summed E-state index contributed by atoms with van der Waals surface area (Å²) in [5.74, 6) is -1.36. The molecule has 3 heteroatoms. The molecule has 0 saturated carbocycles. The summed E-state index contributed by atoms with van der Waals surface area (Å²) in [4.78, 5) is 10.5. The van der Waals surface area contributed by atoms with Crippen LogP contribution in [0.5, 0.6) is 0 Å². The first-order chi connectivity index (χ1) is 5.24. The minimum Gasteiger partial charge on any atom is -0.481 e. The Balaban J connectivity index is 2.60. The smallest absolute Gasteiger partial charge is 0.306 e. The predicted molar refractivity (Wildman–Crippen MR) is 38.6 cm³/mol. The zero-order valence-electron chi connectivity index (χ0n) is 6.03. The zero-order valence-corrected chi connectivity index (χ0v) is 6.03. The maximum absolute atomic E-state index is 10.5. The molecule has 0 saturated heterocycles. The SMILES string of the molecule is N#C[C@@H]1C=CC[C@@H](C(=O)O)C1. The van der Waals surface area contributed by atoms with Gasteiger partial charge in [-0.15, -0.1) is 0 Å². The van der Waals surface area contributed by atoms with Gasteiger partial charge in [0, 0.05) is 0 Å². The van der Waals surface area contributed by atoms with Crippen molar-refractivity contribution in [2.45, 2.75) is 12.8 Å². The minimum absolute atomic E-state index is 0.204. The number of aliphatic carboxylic acids is 1. The van der Waals surface area contributed by atoms with E-state index in [2.05, 4.69) is 0 Å². The number of allylic oxidation sites excluding steroid dienone is 2. The highest BCUT2D eigenvalue weighted by Gasteiger charge is 2.22. The van der Waals surface area contributed by atoms with Gasteiger partial charge in [-0.25, -0.2) is 0 Å². The lowest BCUT2D eigenvalue weighted by atomic mass is 9.88. The van der Waals surface area contributed by atoms with E-state index >= 15 is 0 Å². The molecule has 1 N–H and O–H groups in total. The largest absolute Gasteiger partial charge is 0.481 e. The van der Waals surface area contributed by atoms with Crippen molar-refractivity contribution in [1.29, 1.82) is 5.26 Å². The first kappa shape index (κ1) is 7.80. The molecule has 0 aromatic heterocycles. The van der Waals surface area contributed by atoms with Gasteiger partial charge in [0.2, 0.25) is 0 Å². The average Bonchev–Trinajstić information content (AvgIpc) is 2.05. The number of rotatable bonds is 1. The van der Waals surface area contributed by atoms with E-state index in [-0.39, 0.29) is 11.8 Å². The Kier molecular flexibility index (Phi) is 2.27. The number of carboxylic acids is 1. The van der Waals surface area contributed by atoms with Gasteiger partial charge in [0.05, 0.1) is 17.9 Å². The standard InChI is InChI=1S/C8H9NO2/c9-5-6-2-1-3-7(4-6)8(10)11/h1-2,6-7H,3-4H2,(H,10,11)/t6-,7-/m1/s1. The molecule has 3 nitrogen and oxygen atoms in total. The van der Waals surface area contributed by atoms with Crippen LogP contribution in [0.25, 0.3) is 0 Å². The van der Waals surface area contributed by atoms with Gasteiger partial charge >= 0.3 is 5.97 Å². The van der Waals surface area contributed by atoms with Crippen LogP contribution in [0.15, 0.2) is 12.2 Å². The summed E-state index contributed by atoms with van der Waals surface area (Å²) >= 11 is 0. The average molecular weight is 151 g/mol. The molecule has 1 rings (SSSR count). The van der Waals surface area contributed by atoms with Crippen molar-refractivity contribution in [3.05, 3.63) is 12.2 Å². The van der Waals surface area contributed by atoms with Crippen molar-refractivity contribution in [2.24, 2.45) is 11.8 Å². The van der Waals surface area contributed by atoms with Crippen molar-refractivity contribution < 1.29 is 9.90 Å². The summed E-state index contributed by atoms with van der Waals surface area (Å²) < 4.78 is 0. The number of carbonyl (C=O) groups is 1.